The number of nitrogens with one attached hydrogen (secondary N) is 1. The van der Waals surface area contributed by atoms with Crippen molar-refractivity contribution in [2.75, 3.05) is 26.2 Å². The third-order valence-electron chi connectivity index (χ3n) is 4.39. The van der Waals surface area contributed by atoms with Crippen molar-refractivity contribution in [1.29, 1.82) is 0 Å². The number of aromatic nitrogens is 1. The number of hydrogen-bond acceptors (Lipinski definition) is 5. The second-order valence-electron chi connectivity index (χ2n) is 5.86. The first-order chi connectivity index (χ1) is 10.4. The highest BCUT2D eigenvalue weighted by atomic mass is 32.2. The third-order valence-corrected chi connectivity index (χ3v) is 6.74. The van der Waals surface area contributed by atoms with E-state index in [2.05, 4.69) is 5.32 Å². The molecular formula is C14H21N3O4S. The summed E-state index contributed by atoms with van der Waals surface area (Å²) in [7, 11) is -1.82. The lowest BCUT2D eigenvalue weighted by Gasteiger charge is -2.28. The molecule has 22 heavy (non-hydrogen) atoms. The van der Waals surface area contributed by atoms with E-state index in [0.29, 0.717) is 31.1 Å². The van der Waals surface area contributed by atoms with Gasteiger partial charge in [-0.15, -0.1) is 0 Å². The highest BCUT2D eigenvalue weighted by Crippen LogP contribution is 2.29. The van der Waals surface area contributed by atoms with Crippen LogP contribution >= 0.6 is 0 Å². The molecule has 1 aromatic rings. The van der Waals surface area contributed by atoms with Gasteiger partial charge in [0.1, 0.15) is 11.0 Å². The molecule has 1 aliphatic heterocycles. The number of sulfonamides is 1. The largest absolute Gasteiger partial charge is 0.419 e. The van der Waals surface area contributed by atoms with E-state index in [1.54, 1.807) is 24.4 Å². The van der Waals surface area contributed by atoms with Gasteiger partial charge in [0.25, 0.3) is 0 Å². The molecule has 1 unspecified atom stereocenters. The van der Waals surface area contributed by atoms with Crippen LogP contribution in [0, 0.1) is 0 Å². The summed E-state index contributed by atoms with van der Waals surface area (Å²) >= 11 is 0. The monoisotopic (exact) mass is 327 g/mol. The van der Waals surface area contributed by atoms with Crippen LogP contribution in [-0.4, -0.2) is 48.7 Å². The molecule has 3 rings (SSSR count). The fourth-order valence-corrected chi connectivity index (χ4v) is 5.06. The number of oxazole rings is 1. The van der Waals surface area contributed by atoms with Gasteiger partial charge in [0.15, 0.2) is 0 Å². The number of nitrogens with zero attached hydrogens (tertiary/aromatic N) is 2. The predicted molar refractivity (Wildman–Crippen MR) is 83.1 cm³/mol. The second kappa shape index (κ2) is 5.68. The SMILES string of the molecule is CC1=Cc2c(oc(=O)n2C)CC1S(=O)(=O)N1CCCNCC1. The lowest BCUT2D eigenvalue weighted by molar-refractivity contribution is 0.417. The van der Waals surface area contributed by atoms with Crippen molar-refractivity contribution in [3.05, 3.63) is 27.6 Å². The van der Waals surface area contributed by atoms with Crippen molar-refractivity contribution in [3.63, 3.8) is 0 Å². The lowest BCUT2D eigenvalue weighted by Crippen LogP contribution is -2.42. The normalized spacial score (nSPS) is 23.7. The fraction of sp³-hybridized carbons (Fsp3) is 0.643. The summed E-state index contributed by atoms with van der Waals surface area (Å²) in [5.74, 6) is 0.00527. The Bertz CT molecular complexity index is 752. The van der Waals surface area contributed by atoms with Gasteiger partial charge in [-0.3, -0.25) is 4.57 Å². The fourth-order valence-electron chi connectivity index (χ4n) is 3.07. The van der Waals surface area contributed by atoms with Crippen LogP contribution in [0.1, 0.15) is 24.8 Å². The van der Waals surface area contributed by atoms with Gasteiger partial charge in [-0.25, -0.2) is 17.5 Å². The van der Waals surface area contributed by atoms with Crippen molar-refractivity contribution < 1.29 is 12.8 Å². The first kappa shape index (κ1) is 15.5. The van der Waals surface area contributed by atoms with Gasteiger partial charge in [0.05, 0.1) is 5.69 Å². The summed E-state index contributed by atoms with van der Waals surface area (Å²) in [6.07, 6.45) is 2.78. The van der Waals surface area contributed by atoms with E-state index in [1.807, 2.05) is 0 Å². The van der Waals surface area contributed by atoms with Gasteiger partial charge in [0.2, 0.25) is 10.0 Å². The molecule has 0 radical (unpaired) electrons. The summed E-state index contributed by atoms with van der Waals surface area (Å²) < 4.78 is 34.0. The lowest BCUT2D eigenvalue weighted by atomic mass is 10.0. The van der Waals surface area contributed by atoms with E-state index < -0.39 is 21.0 Å². The Morgan fingerprint density at radius 2 is 2.09 bits per heavy atom. The van der Waals surface area contributed by atoms with Crippen LogP contribution < -0.4 is 11.1 Å². The van der Waals surface area contributed by atoms with Crippen LogP contribution in [0.5, 0.6) is 0 Å². The second-order valence-corrected chi connectivity index (χ2v) is 7.98. The molecule has 1 aliphatic carbocycles. The molecule has 1 N–H and O–H groups in total. The molecule has 2 aliphatic rings. The zero-order valence-electron chi connectivity index (χ0n) is 12.8. The average molecular weight is 327 g/mol. The molecule has 1 fully saturated rings. The van der Waals surface area contributed by atoms with E-state index in [0.717, 1.165) is 18.5 Å². The van der Waals surface area contributed by atoms with E-state index in [-0.39, 0.29) is 6.42 Å². The summed E-state index contributed by atoms with van der Waals surface area (Å²) in [4.78, 5) is 11.6. The Hall–Kier alpha value is -1.38. The Kier molecular flexibility index (Phi) is 4.00. The molecule has 0 amide bonds. The maximum Gasteiger partial charge on any atom is 0.419 e. The maximum absolute atomic E-state index is 12.9. The number of fused-ring (bicyclic) bond motifs is 1. The first-order valence-corrected chi connectivity index (χ1v) is 8.98. The number of hydrogen-bond donors (Lipinski definition) is 1. The molecule has 122 valence electrons. The molecule has 7 nitrogen and oxygen atoms in total. The Morgan fingerprint density at radius 1 is 1.32 bits per heavy atom. The zero-order chi connectivity index (χ0) is 15.9. The van der Waals surface area contributed by atoms with Crippen molar-refractivity contribution in [1.82, 2.24) is 14.2 Å². The van der Waals surface area contributed by atoms with Crippen molar-refractivity contribution >= 4 is 16.1 Å². The minimum Gasteiger partial charge on any atom is -0.412 e. The predicted octanol–water partition coefficient (Wildman–Crippen LogP) is -0.0686. The first-order valence-electron chi connectivity index (χ1n) is 7.48. The highest BCUT2D eigenvalue weighted by Gasteiger charge is 2.37. The van der Waals surface area contributed by atoms with Crippen molar-refractivity contribution in [2.24, 2.45) is 7.05 Å². The summed E-state index contributed by atoms with van der Waals surface area (Å²) in [6, 6.07) is 0. The Balaban J connectivity index is 1.93. The summed E-state index contributed by atoms with van der Waals surface area (Å²) in [6.45, 7) is 4.32. The van der Waals surface area contributed by atoms with E-state index >= 15 is 0 Å². The molecule has 8 heteroatoms. The zero-order valence-corrected chi connectivity index (χ0v) is 13.6. The molecule has 0 spiro atoms. The van der Waals surface area contributed by atoms with E-state index in [4.69, 9.17) is 4.42 Å². The molecule has 1 atom stereocenters. The van der Waals surface area contributed by atoms with Crippen molar-refractivity contribution in [2.45, 2.75) is 25.0 Å². The van der Waals surface area contributed by atoms with Gasteiger partial charge in [-0.1, -0.05) is 5.57 Å². The average Bonchev–Trinajstić information content (AvgIpc) is 2.70. The van der Waals surface area contributed by atoms with E-state index in [1.165, 1.54) is 4.57 Å². The van der Waals surface area contributed by atoms with Gasteiger partial charge in [-0.2, -0.15) is 0 Å². The standard InChI is InChI=1S/C14H21N3O4S/c1-10-8-11-12(21-14(18)16(11)2)9-13(10)22(19,20)17-6-3-4-15-5-7-17/h8,13,15H,3-7,9H2,1-2H3. The van der Waals surface area contributed by atoms with Gasteiger partial charge >= 0.3 is 5.76 Å². The van der Waals surface area contributed by atoms with Gasteiger partial charge in [-0.05, 0) is 26.0 Å². The molecule has 1 saturated heterocycles. The van der Waals surface area contributed by atoms with Gasteiger partial charge in [0, 0.05) is 33.1 Å². The van der Waals surface area contributed by atoms with Crippen LogP contribution in [0.4, 0.5) is 0 Å². The minimum atomic E-state index is -3.45. The van der Waals surface area contributed by atoms with E-state index in [9.17, 15) is 13.2 Å². The van der Waals surface area contributed by atoms with Crippen molar-refractivity contribution in [3.8, 4) is 0 Å². The quantitative estimate of drug-likeness (QED) is 0.822. The molecule has 0 saturated carbocycles. The van der Waals surface area contributed by atoms with Crippen LogP contribution in [0.15, 0.2) is 14.8 Å². The Labute approximate surface area is 129 Å². The molecule has 0 bridgehead atoms. The highest BCUT2D eigenvalue weighted by molar-refractivity contribution is 7.90. The maximum atomic E-state index is 12.9. The molecule has 2 heterocycles. The summed E-state index contributed by atoms with van der Waals surface area (Å²) in [5, 5.41) is 2.56. The topological polar surface area (TPSA) is 84.5 Å². The smallest absolute Gasteiger partial charge is 0.412 e. The number of rotatable bonds is 2. The molecule has 0 aromatic carbocycles. The minimum absolute atomic E-state index is 0.222. The molecular weight excluding hydrogens is 306 g/mol. The Morgan fingerprint density at radius 3 is 2.86 bits per heavy atom. The summed E-state index contributed by atoms with van der Waals surface area (Å²) in [5.41, 5.74) is 1.42. The third kappa shape index (κ3) is 2.55. The van der Waals surface area contributed by atoms with Gasteiger partial charge < -0.3 is 9.73 Å². The van der Waals surface area contributed by atoms with Crippen LogP contribution in [0.2, 0.25) is 0 Å². The van der Waals surface area contributed by atoms with Crippen LogP contribution in [-0.2, 0) is 23.5 Å². The molecule has 1 aromatic heterocycles. The van der Waals surface area contributed by atoms with Crippen LogP contribution in [0.3, 0.4) is 0 Å². The van der Waals surface area contributed by atoms with Crippen LogP contribution in [0.25, 0.3) is 6.08 Å².